The van der Waals surface area contributed by atoms with Crippen molar-refractivity contribution in [1.29, 1.82) is 0 Å². The first-order valence-corrected chi connectivity index (χ1v) is 13.4. The van der Waals surface area contributed by atoms with Crippen LogP contribution in [0.3, 0.4) is 0 Å². The number of amides is 2. The average molecular weight is 477 g/mol. The highest BCUT2D eigenvalue weighted by atomic mass is 16.2. The van der Waals surface area contributed by atoms with Crippen molar-refractivity contribution < 1.29 is 9.59 Å². The average Bonchev–Trinajstić information content (AvgIpc) is 2.84. The normalized spacial score (nSPS) is 15.5. The van der Waals surface area contributed by atoms with Crippen molar-refractivity contribution in [3.8, 4) is 0 Å². The van der Waals surface area contributed by atoms with Gasteiger partial charge < -0.3 is 10.2 Å². The van der Waals surface area contributed by atoms with Crippen molar-refractivity contribution in [2.45, 2.75) is 110 Å². The van der Waals surface area contributed by atoms with E-state index in [4.69, 9.17) is 0 Å². The van der Waals surface area contributed by atoms with E-state index in [1.807, 2.05) is 11.8 Å². The first-order chi connectivity index (χ1) is 16.7. The zero-order valence-corrected chi connectivity index (χ0v) is 22.4. The Morgan fingerprint density at radius 3 is 2.11 bits per heavy atom. The Bertz CT molecular complexity index is 951. The van der Waals surface area contributed by atoms with Crippen LogP contribution >= 0.6 is 0 Å². The molecular weight excluding hydrogens is 432 g/mol. The van der Waals surface area contributed by atoms with Crippen LogP contribution in [0.25, 0.3) is 0 Å². The van der Waals surface area contributed by atoms with Crippen LogP contribution in [0.4, 0.5) is 0 Å². The van der Waals surface area contributed by atoms with Crippen LogP contribution in [0.1, 0.15) is 94.9 Å². The molecule has 2 aromatic carbocycles. The first kappa shape index (κ1) is 27.0. The van der Waals surface area contributed by atoms with E-state index in [2.05, 4.69) is 81.5 Å². The van der Waals surface area contributed by atoms with Crippen LogP contribution < -0.4 is 5.32 Å². The molecule has 2 aromatic rings. The highest BCUT2D eigenvalue weighted by Gasteiger charge is 2.30. The Hall–Kier alpha value is -2.62. The van der Waals surface area contributed by atoms with Gasteiger partial charge in [0.1, 0.15) is 6.04 Å². The Labute approximate surface area is 212 Å². The topological polar surface area (TPSA) is 49.4 Å². The predicted molar refractivity (Wildman–Crippen MR) is 144 cm³/mol. The molecule has 4 nitrogen and oxygen atoms in total. The second kappa shape index (κ2) is 12.4. The minimum Gasteiger partial charge on any atom is -0.352 e. The summed E-state index contributed by atoms with van der Waals surface area (Å²) in [7, 11) is 0. The third-order valence-electron chi connectivity index (χ3n) is 7.26. The standard InChI is InChI=1S/C31H44N2O2/c1-6-28(30(35)32-27-10-8-7-9-11-27)33(22-25-14-12-23(2)13-15-25)29(34)21-18-24-16-19-26(20-17-24)31(3,4)5/h12-17,19-20,27-28H,6-11,18,21-22H2,1-5H3,(H,32,35). The highest BCUT2D eigenvalue weighted by molar-refractivity contribution is 5.88. The molecule has 0 bridgehead atoms. The minimum absolute atomic E-state index is 0.00519. The third-order valence-corrected chi connectivity index (χ3v) is 7.26. The molecule has 4 heteroatoms. The number of carbonyl (C=O) groups is 2. The summed E-state index contributed by atoms with van der Waals surface area (Å²) >= 11 is 0. The van der Waals surface area contributed by atoms with Gasteiger partial charge in [-0.05, 0) is 54.7 Å². The number of hydrogen-bond acceptors (Lipinski definition) is 2. The van der Waals surface area contributed by atoms with E-state index in [1.54, 1.807) is 0 Å². The van der Waals surface area contributed by atoms with E-state index in [1.165, 1.54) is 30.4 Å². The molecule has 1 unspecified atom stereocenters. The maximum absolute atomic E-state index is 13.6. The van der Waals surface area contributed by atoms with Crippen LogP contribution in [0.5, 0.6) is 0 Å². The summed E-state index contributed by atoms with van der Waals surface area (Å²) in [5.74, 6) is 0.0329. The van der Waals surface area contributed by atoms with E-state index in [0.717, 1.165) is 24.0 Å². The second-order valence-corrected chi connectivity index (χ2v) is 11.2. The van der Waals surface area contributed by atoms with Crippen LogP contribution in [0.15, 0.2) is 48.5 Å². The smallest absolute Gasteiger partial charge is 0.243 e. The van der Waals surface area contributed by atoms with E-state index in [-0.39, 0.29) is 23.3 Å². The quantitative estimate of drug-likeness (QED) is 0.450. The number of benzene rings is 2. The van der Waals surface area contributed by atoms with Gasteiger partial charge in [0.05, 0.1) is 0 Å². The number of nitrogens with zero attached hydrogens (tertiary/aromatic N) is 1. The van der Waals surface area contributed by atoms with E-state index in [0.29, 0.717) is 25.8 Å². The largest absolute Gasteiger partial charge is 0.352 e. The van der Waals surface area contributed by atoms with E-state index >= 15 is 0 Å². The number of nitrogens with one attached hydrogen (secondary N) is 1. The van der Waals surface area contributed by atoms with Gasteiger partial charge in [-0.15, -0.1) is 0 Å². The fourth-order valence-electron chi connectivity index (χ4n) is 4.92. The summed E-state index contributed by atoms with van der Waals surface area (Å²) in [4.78, 5) is 28.7. The maximum Gasteiger partial charge on any atom is 0.243 e. The molecule has 3 rings (SSSR count). The minimum atomic E-state index is -0.450. The zero-order chi connectivity index (χ0) is 25.4. The molecule has 0 aromatic heterocycles. The number of hydrogen-bond donors (Lipinski definition) is 1. The molecular formula is C31H44N2O2. The van der Waals surface area contributed by atoms with Crippen LogP contribution in [0.2, 0.25) is 0 Å². The molecule has 190 valence electrons. The summed E-state index contributed by atoms with van der Waals surface area (Å²) < 4.78 is 0. The second-order valence-electron chi connectivity index (χ2n) is 11.2. The molecule has 0 heterocycles. The molecule has 0 aliphatic heterocycles. The first-order valence-electron chi connectivity index (χ1n) is 13.4. The molecule has 1 aliphatic rings. The Morgan fingerprint density at radius 2 is 1.54 bits per heavy atom. The zero-order valence-electron chi connectivity index (χ0n) is 22.4. The molecule has 2 amide bonds. The SMILES string of the molecule is CCC(C(=O)NC1CCCCC1)N(Cc1ccc(C)cc1)C(=O)CCc1ccc(C(C)(C)C)cc1. The summed E-state index contributed by atoms with van der Waals surface area (Å²) in [6.07, 6.45) is 7.35. The van der Waals surface area contributed by atoms with Crippen LogP contribution in [-0.4, -0.2) is 28.8 Å². The molecule has 0 saturated heterocycles. The lowest BCUT2D eigenvalue weighted by molar-refractivity contribution is -0.141. The molecule has 35 heavy (non-hydrogen) atoms. The molecule has 1 saturated carbocycles. The number of carbonyl (C=O) groups excluding carboxylic acids is 2. The van der Waals surface area contributed by atoms with Gasteiger partial charge in [-0.3, -0.25) is 9.59 Å². The van der Waals surface area contributed by atoms with Crippen molar-refractivity contribution in [2.24, 2.45) is 0 Å². The lowest BCUT2D eigenvalue weighted by Crippen LogP contribution is -2.51. The fraction of sp³-hybridized carbons (Fsp3) is 0.548. The predicted octanol–water partition coefficient (Wildman–Crippen LogP) is 6.48. The van der Waals surface area contributed by atoms with Gasteiger partial charge in [-0.25, -0.2) is 0 Å². The lowest BCUT2D eigenvalue weighted by Gasteiger charge is -2.33. The van der Waals surface area contributed by atoms with Gasteiger partial charge in [0.2, 0.25) is 11.8 Å². The Kier molecular flexibility index (Phi) is 9.54. The monoisotopic (exact) mass is 476 g/mol. The van der Waals surface area contributed by atoms with Crippen molar-refractivity contribution in [3.63, 3.8) is 0 Å². The maximum atomic E-state index is 13.6. The summed E-state index contributed by atoms with van der Waals surface area (Å²) in [5.41, 5.74) is 4.80. The Morgan fingerprint density at radius 1 is 0.943 bits per heavy atom. The molecule has 0 radical (unpaired) electrons. The van der Waals surface area contributed by atoms with E-state index in [9.17, 15) is 9.59 Å². The number of aryl methyl sites for hydroxylation is 2. The lowest BCUT2D eigenvalue weighted by atomic mass is 9.86. The van der Waals surface area contributed by atoms with Crippen molar-refractivity contribution >= 4 is 11.8 Å². The summed E-state index contributed by atoms with van der Waals surface area (Å²) in [6, 6.07) is 16.6. The van der Waals surface area contributed by atoms with Gasteiger partial charge in [-0.1, -0.05) is 101 Å². The fourth-order valence-corrected chi connectivity index (χ4v) is 4.92. The summed E-state index contributed by atoms with van der Waals surface area (Å²) in [6.45, 7) is 11.1. The van der Waals surface area contributed by atoms with E-state index < -0.39 is 6.04 Å². The molecule has 1 atom stereocenters. The molecule has 1 fully saturated rings. The molecule has 1 N–H and O–H groups in total. The van der Waals surface area contributed by atoms with Crippen molar-refractivity contribution in [1.82, 2.24) is 10.2 Å². The van der Waals surface area contributed by atoms with Gasteiger partial charge in [-0.2, -0.15) is 0 Å². The van der Waals surface area contributed by atoms with Crippen LogP contribution in [0, 0.1) is 6.92 Å². The summed E-state index contributed by atoms with van der Waals surface area (Å²) in [5, 5.41) is 3.26. The highest BCUT2D eigenvalue weighted by Crippen LogP contribution is 2.23. The van der Waals surface area contributed by atoms with Gasteiger partial charge >= 0.3 is 0 Å². The van der Waals surface area contributed by atoms with Crippen molar-refractivity contribution in [2.75, 3.05) is 0 Å². The Balaban J connectivity index is 1.73. The third kappa shape index (κ3) is 7.95. The van der Waals surface area contributed by atoms with Crippen LogP contribution in [-0.2, 0) is 28.0 Å². The van der Waals surface area contributed by atoms with Gasteiger partial charge in [0, 0.05) is 19.0 Å². The van der Waals surface area contributed by atoms with Gasteiger partial charge in [0.25, 0.3) is 0 Å². The molecule has 0 spiro atoms. The van der Waals surface area contributed by atoms with Gasteiger partial charge in [0.15, 0.2) is 0 Å². The molecule has 1 aliphatic carbocycles. The number of rotatable bonds is 9. The van der Waals surface area contributed by atoms with Crippen molar-refractivity contribution in [3.05, 3.63) is 70.8 Å².